The topological polar surface area (TPSA) is 82.6 Å². The Hall–Kier alpha value is -3.67. The summed E-state index contributed by atoms with van der Waals surface area (Å²) >= 11 is 0. The summed E-state index contributed by atoms with van der Waals surface area (Å²) < 4.78 is 11.5. The highest BCUT2D eigenvalue weighted by Crippen LogP contribution is 2.35. The van der Waals surface area contributed by atoms with Crippen molar-refractivity contribution >= 4 is 27.6 Å². The number of nitro benzene ring substituents is 1. The van der Waals surface area contributed by atoms with Crippen LogP contribution in [0.1, 0.15) is 5.56 Å². The van der Waals surface area contributed by atoms with Gasteiger partial charge in [-0.05, 0) is 23.8 Å². The summed E-state index contributed by atoms with van der Waals surface area (Å²) in [6, 6.07) is 18.7. The molecule has 3 aromatic carbocycles. The van der Waals surface area contributed by atoms with Gasteiger partial charge in [-0.2, -0.15) is 0 Å². The van der Waals surface area contributed by atoms with Crippen LogP contribution in [0.15, 0.2) is 75.9 Å². The number of benzene rings is 3. The maximum atomic E-state index is 12.9. The van der Waals surface area contributed by atoms with Crippen LogP contribution in [0.25, 0.3) is 21.9 Å². The van der Waals surface area contributed by atoms with E-state index in [0.717, 1.165) is 5.56 Å². The highest BCUT2D eigenvalue weighted by atomic mass is 16.6. The Kier molecular flexibility index (Phi) is 3.85. The van der Waals surface area contributed by atoms with Crippen LogP contribution in [0.2, 0.25) is 0 Å². The Labute approximate surface area is 147 Å². The zero-order valence-corrected chi connectivity index (χ0v) is 13.5. The van der Waals surface area contributed by atoms with Crippen molar-refractivity contribution < 1.29 is 14.1 Å². The van der Waals surface area contributed by atoms with Crippen LogP contribution in [0, 0.1) is 10.1 Å². The fourth-order valence-electron chi connectivity index (χ4n) is 2.87. The second-order valence-corrected chi connectivity index (χ2v) is 5.75. The molecule has 0 radical (unpaired) electrons. The highest BCUT2D eigenvalue weighted by Gasteiger charge is 2.23. The summed E-state index contributed by atoms with van der Waals surface area (Å²) in [6.45, 7) is 0.104. The molecule has 0 unspecified atom stereocenters. The summed E-state index contributed by atoms with van der Waals surface area (Å²) in [7, 11) is 0. The van der Waals surface area contributed by atoms with Gasteiger partial charge in [0.25, 0.3) is 0 Å². The average molecular weight is 347 g/mol. The molecule has 26 heavy (non-hydrogen) atoms. The Morgan fingerprint density at radius 1 is 0.923 bits per heavy atom. The largest absolute Gasteiger partial charge is 0.481 e. The molecular weight excluding hydrogens is 334 g/mol. The van der Waals surface area contributed by atoms with Gasteiger partial charge in [0.2, 0.25) is 11.2 Å². The van der Waals surface area contributed by atoms with Gasteiger partial charge in [0.05, 0.1) is 10.3 Å². The molecule has 0 saturated carbocycles. The molecule has 0 atom stereocenters. The fourth-order valence-corrected chi connectivity index (χ4v) is 2.87. The number of para-hydroxylation sites is 1. The fraction of sp³-hybridized carbons (Fsp3) is 0.0500. The molecule has 1 aromatic heterocycles. The molecule has 1 heterocycles. The maximum absolute atomic E-state index is 12.9. The summed E-state index contributed by atoms with van der Waals surface area (Å²) in [5.74, 6) is -0.0733. The van der Waals surface area contributed by atoms with E-state index in [1.165, 1.54) is 12.1 Å². The molecule has 0 bridgehead atoms. The lowest BCUT2D eigenvalue weighted by atomic mass is 10.1. The minimum Gasteiger partial charge on any atom is -0.481 e. The first-order chi connectivity index (χ1) is 12.6. The van der Waals surface area contributed by atoms with Crippen molar-refractivity contribution in [2.24, 2.45) is 0 Å². The zero-order chi connectivity index (χ0) is 18.1. The van der Waals surface area contributed by atoms with Crippen molar-refractivity contribution in [3.05, 3.63) is 92.6 Å². The van der Waals surface area contributed by atoms with Crippen LogP contribution in [0.3, 0.4) is 0 Å². The van der Waals surface area contributed by atoms with Gasteiger partial charge in [-0.1, -0.05) is 42.5 Å². The Bertz CT molecular complexity index is 1180. The molecule has 0 aliphatic rings. The Balaban J connectivity index is 1.95. The van der Waals surface area contributed by atoms with Crippen LogP contribution in [-0.4, -0.2) is 4.92 Å². The van der Waals surface area contributed by atoms with Gasteiger partial charge in [-0.15, -0.1) is 0 Å². The van der Waals surface area contributed by atoms with Crippen LogP contribution < -0.4 is 10.2 Å². The minimum absolute atomic E-state index is 0.0733. The third kappa shape index (κ3) is 2.67. The van der Waals surface area contributed by atoms with Crippen LogP contribution in [-0.2, 0) is 6.61 Å². The standard InChI is InChI=1S/C20H13NO5/c22-19-14-8-4-5-9-16(14)26-17-11-10-15(21(23)24)20(18(17)19)25-12-13-6-2-1-3-7-13/h1-11H,12H2. The van der Waals surface area contributed by atoms with E-state index in [2.05, 4.69) is 0 Å². The van der Waals surface area contributed by atoms with Gasteiger partial charge in [-0.25, -0.2) is 0 Å². The van der Waals surface area contributed by atoms with E-state index < -0.39 is 4.92 Å². The lowest BCUT2D eigenvalue weighted by Gasteiger charge is -2.10. The molecular formula is C20H13NO5. The number of ether oxygens (including phenoxy) is 1. The summed E-state index contributed by atoms with van der Waals surface area (Å²) in [6.07, 6.45) is 0. The SMILES string of the molecule is O=c1c2ccccc2oc2ccc([N+](=O)[O-])c(OCc3ccccc3)c12. The van der Waals surface area contributed by atoms with E-state index in [4.69, 9.17) is 9.15 Å². The molecule has 4 rings (SSSR count). The molecule has 0 fully saturated rings. The van der Waals surface area contributed by atoms with Gasteiger partial charge in [0.15, 0.2) is 0 Å². The molecule has 0 spiro atoms. The summed E-state index contributed by atoms with van der Waals surface area (Å²) in [5.41, 5.74) is 0.892. The summed E-state index contributed by atoms with van der Waals surface area (Å²) in [5, 5.41) is 11.9. The number of nitrogens with zero attached hydrogens (tertiary/aromatic N) is 1. The quantitative estimate of drug-likeness (QED) is 0.310. The molecule has 0 amide bonds. The van der Waals surface area contributed by atoms with Gasteiger partial charge < -0.3 is 9.15 Å². The van der Waals surface area contributed by atoms with Crippen molar-refractivity contribution in [1.29, 1.82) is 0 Å². The third-order valence-corrected chi connectivity index (χ3v) is 4.10. The molecule has 0 aliphatic heterocycles. The Morgan fingerprint density at radius 3 is 2.42 bits per heavy atom. The molecule has 0 saturated heterocycles. The molecule has 6 heteroatoms. The number of nitro groups is 1. The summed E-state index contributed by atoms with van der Waals surface area (Å²) in [4.78, 5) is 23.8. The number of fused-ring (bicyclic) bond motifs is 2. The second kappa shape index (κ2) is 6.33. The molecule has 4 aromatic rings. The first-order valence-corrected chi connectivity index (χ1v) is 7.95. The van der Waals surface area contributed by atoms with Gasteiger partial charge in [0.1, 0.15) is 23.2 Å². The smallest absolute Gasteiger partial charge is 0.312 e. The lowest BCUT2D eigenvalue weighted by Crippen LogP contribution is -2.07. The minimum atomic E-state index is -0.561. The molecule has 0 N–H and O–H groups in total. The van der Waals surface area contributed by atoms with Gasteiger partial charge >= 0.3 is 5.69 Å². The maximum Gasteiger partial charge on any atom is 0.312 e. The van der Waals surface area contributed by atoms with Crippen molar-refractivity contribution in [2.75, 3.05) is 0 Å². The lowest BCUT2D eigenvalue weighted by molar-refractivity contribution is -0.385. The van der Waals surface area contributed by atoms with Gasteiger partial charge in [0, 0.05) is 6.07 Å². The van der Waals surface area contributed by atoms with E-state index in [1.807, 2.05) is 30.3 Å². The van der Waals surface area contributed by atoms with Crippen molar-refractivity contribution in [2.45, 2.75) is 6.61 Å². The van der Waals surface area contributed by atoms with Crippen molar-refractivity contribution in [3.63, 3.8) is 0 Å². The highest BCUT2D eigenvalue weighted by molar-refractivity contribution is 5.95. The van der Waals surface area contributed by atoms with Crippen LogP contribution >= 0.6 is 0 Å². The number of hydrogen-bond acceptors (Lipinski definition) is 5. The van der Waals surface area contributed by atoms with Crippen molar-refractivity contribution in [3.8, 4) is 5.75 Å². The number of hydrogen-bond donors (Lipinski definition) is 0. The van der Waals surface area contributed by atoms with Crippen molar-refractivity contribution in [1.82, 2.24) is 0 Å². The van der Waals surface area contributed by atoms with E-state index in [9.17, 15) is 14.9 Å². The number of rotatable bonds is 4. The molecule has 6 nitrogen and oxygen atoms in total. The van der Waals surface area contributed by atoms with E-state index in [-0.39, 0.29) is 34.4 Å². The van der Waals surface area contributed by atoms with E-state index >= 15 is 0 Å². The molecule has 0 aliphatic carbocycles. The predicted octanol–water partition coefficient (Wildman–Crippen LogP) is 4.43. The average Bonchev–Trinajstić information content (AvgIpc) is 2.66. The monoisotopic (exact) mass is 347 g/mol. The predicted molar refractivity (Wildman–Crippen MR) is 97.4 cm³/mol. The van der Waals surface area contributed by atoms with Gasteiger partial charge in [-0.3, -0.25) is 14.9 Å². The first-order valence-electron chi connectivity index (χ1n) is 7.95. The Morgan fingerprint density at radius 2 is 1.65 bits per heavy atom. The van der Waals surface area contributed by atoms with Crippen LogP contribution in [0.4, 0.5) is 5.69 Å². The van der Waals surface area contributed by atoms with E-state index in [0.29, 0.717) is 11.0 Å². The zero-order valence-electron chi connectivity index (χ0n) is 13.5. The normalized spacial score (nSPS) is 10.9. The second-order valence-electron chi connectivity index (χ2n) is 5.75. The first kappa shape index (κ1) is 15.8. The third-order valence-electron chi connectivity index (χ3n) is 4.10. The van der Waals surface area contributed by atoms with E-state index in [1.54, 1.807) is 24.3 Å². The van der Waals surface area contributed by atoms with Crippen LogP contribution in [0.5, 0.6) is 5.75 Å². The molecule has 128 valence electrons.